The average molecular weight is 307 g/mol. The van der Waals surface area contributed by atoms with Gasteiger partial charge in [-0.05, 0) is 50.5 Å². The minimum atomic E-state index is -0.221. The first kappa shape index (κ1) is 16.6. The van der Waals surface area contributed by atoms with Gasteiger partial charge in [0.1, 0.15) is 12.4 Å². The largest absolute Gasteiger partial charge is 0.396 e. The number of nitrogens with zero attached hydrogens (tertiary/aromatic N) is 5. The SMILES string of the molecule is CC(C)=CC[C@]1(CO)CCCN(C(=O)Cn2nnnc2C)C1. The Morgan fingerprint density at radius 3 is 2.82 bits per heavy atom. The minimum absolute atomic E-state index is 0.00475. The Kier molecular flexibility index (Phi) is 5.28. The highest BCUT2D eigenvalue weighted by atomic mass is 16.3. The summed E-state index contributed by atoms with van der Waals surface area (Å²) < 4.78 is 1.51. The maximum absolute atomic E-state index is 12.5. The van der Waals surface area contributed by atoms with Gasteiger partial charge in [-0.25, -0.2) is 4.68 Å². The summed E-state index contributed by atoms with van der Waals surface area (Å²) in [6.07, 6.45) is 4.81. The monoisotopic (exact) mass is 307 g/mol. The van der Waals surface area contributed by atoms with Gasteiger partial charge in [-0.1, -0.05) is 11.6 Å². The Hall–Kier alpha value is -1.76. The van der Waals surface area contributed by atoms with E-state index in [0.29, 0.717) is 12.4 Å². The molecule has 7 heteroatoms. The fourth-order valence-corrected chi connectivity index (χ4v) is 2.83. The number of rotatable bonds is 5. The smallest absolute Gasteiger partial charge is 0.244 e. The highest BCUT2D eigenvalue weighted by molar-refractivity contribution is 5.76. The molecule has 0 spiro atoms. The minimum Gasteiger partial charge on any atom is -0.396 e. The Morgan fingerprint density at radius 1 is 1.45 bits per heavy atom. The number of carbonyl (C=O) groups excluding carboxylic acids is 1. The van der Waals surface area contributed by atoms with Crippen molar-refractivity contribution in [3.05, 3.63) is 17.5 Å². The van der Waals surface area contributed by atoms with Gasteiger partial charge in [0.25, 0.3) is 0 Å². The third-order valence-electron chi connectivity index (χ3n) is 4.29. The highest BCUT2D eigenvalue weighted by Crippen LogP contribution is 2.34. The first-order valence-electron chi connectivity index (χ1n) is 7.70. The molecule has 0 aliphatic carbocycles. The molecule has 0 bridgehead atoms. The quantitative estimate of drug-likeness (QED) is 0.818. The molecule has 1 aromatic rings. The molecular formula is C15H25N5O2. The molecule has 1 N–H and O–H groups in total. The van der Waals surface area contributed by atoms with E-state index in [4.69, 9.17) is 0 Å². The van der Waals surface area contributed by atoms with Gasteiger partial charge in [0.2, 0.25) is 5.91 Å². The first-order valence-corrected chi connectivity index (χ1v) is 7.70. The topological polar surface area (TPSA) is 84.1 Å². The summed E-state index contributed by atoms with van der Waals surface area (Å²) in [6.45, 7) is 7.46. The predicted molar refractivity (Wildman–Crippen MR) is 81.9 cm³/mol. The summed E-state index contributed by atoms with van der Waals surface area (Å²) in [5.41, 5.74) is 1.02. The summed E-state index contributed by atoms with van der Waals surface area (Å²) in [6, 6.07) is 0. The van der Waals surface area contributed by atoms with Crippen LogP contribution in [0.1, 0.15) is 38.9 Å². The van der Waals surface area contributed by atoms with E-state index in [9.17, 15) is 9.90 Å². The summed E-state index contributed by atoms with van der Waals surface area (Å²) >= 11 is 0. The van der Waals surface area contributed by atoms with Crippen molar-refractivity contribution in [2.45, 2.75) is 46.6 Å². The fraction of sp³-hybridized carbons (Fsp3) is 0.733. The van der Waals surface area contributed by atoms with E-state index >= 15 is 0 Å². The number of aromatic nitrogens is 4. The second-order valence-electron chi connectivity index (χ2n) is 6.45. The molecule has 0 aromatic carbocycles. The normalized spacial score (nSPS) is 21.7. The third-order valence-corrected chi connectivity index (χ3v) is 4.29. The Bertz CT molecular complexity index is 550. The van der Waals surface area contributed by atoms with Crippen molar-refractivity contribution in [2.75, 3.05) is 19.7 Å². The molecule has 1 fully saturated rings. The van der Waals surface area contributed by atoms with Crippen LogP contribution in [-0.2, 0) is 11.3 Å². The number of likely N-dealkylation sites (tertiary alicyclic amines) is 1. The number of aryl methyl sites for hydroxylation is 1. The van der Waals surface area contributed by atoms with Crippen molar-refractivity contribution < 1.29 is 9.90 Å². The lowest BCUT2D eigenvalue weighted by atomic mass is 9.77. The number of carbonyl (C=O) groups is 1. The summed E-state index contributed by atoms with van der Waals surface area (Å²) in [4.78, 5) is 14.3. The first-order chi connectivity index (χ1) is 10.5. The number of aliphatic hydroxyl groups excluding tert-OH is 1. The van der Waals surface area contributed by atoms with Crippen molar-refractivity contribution in [3.63, 3.8) is 0 Å². The summed E-state index contributed by atoms with van der Waals surface area (Å²) in [5, 5.41) is 21.0. The van der Waals surface area contributed by atoms with Crippen molar-refractivity contribution in [1.82, 2.24) is 25.1 Å². The number of allylic oxidation sites excluding steroid dienone is 2. The van der Waals surface area contributed by atoms with Crippen molar-refractivity contribution >= 4 is 5.91 Å². The van der Waals surface area contributed by atoms with E-state index in [2.05, 4.69) is 35.4 Å². The second kappa shape index (κ2) is 7.00. The average Bonchev–Trinajstić information content (AvgIpc) is 2.90. The van der Waals surface area contributed by atoms with Crippen molar-refractivity contribution in [2.24, 2.45) is 5.41 Å². The van der Waals surface area contributed by atoms with E-state index in [1.807, 2.05) is 4.90 Å². The molecule has 22 heavy (non-hydrogen) atoms. The lowest BCUT2D eigenvalue weighted by Crippen LogP contribution is -2.48. The Balaban J connectivity index is 2.04. The van der Waals surface area contributed by atoms with Crippen LogP contribution in [0.15, 0.2) is 11.6 Å². The van der Waals surface area contributed by atoms with E-state index in [1.165, 1.54) is 10.3 Å². The number of hydrogen-bond donors (Lipinski definition) is 1. The zero-order valence-corrected chi connectivity index (χ0v) is 13.6. The van der Waals surface area contributed by atoms with Gasteiger partial charge in [-0.3, -0.25) is 4.79 Å². The van der Waals surface area contributed by atoms with E-state index in [-0.39, 0.29) is 24.5 Å². The van der Waals surface area contributed by atoms with Gasteiger partial charge >= 0.3 is 0 Å². The molecule has 1 aliphatic heterocycles. The van der Waals surface area contributed by atoms with Crippen molar-refractivity contribution in [1.29, 1.82) is 0 Å². The molecule has 2 rings (SSSR count). The van der Waals surface area contributed by atoms with Crippen LogP contribution in [0.4, 0.5) is 0 Å². The molecule has 1 amide bonds. The van der Waals surface area contributed by atoms with Crippen molar-refractivity contribution in [3.8, 4) is 0 Å². The number of aliphatic hydroxyl groups is 1. The molecule has 1 aliphatic rings. The van der Waals surface area contributed by atoms with Gasteiger partial charge in [-0.2, -0.15) is 0 Å². The van der Waals surface area contributed by atoms with E-state index in [0.717, 1.165) is 25.8 Å². The second-order valence-corrected chi connectivity index (χ2v) is 6.45. The van der Waals surface area contributed by atoms with Crippen LogP contribution in [0.5, 0.6) is 0 Å². The Morgan fingerprint density at radius 2 is 2.23 bits per heavy atom. The van der Waals surface area contributed by atoms with Gasteiger partial charge in [0, 0.05) is 18.5 Å². The summed E-state index contributed by atoms with van der Waals surface area (Å²) in [7, 11) is 0. The molecule has 1 atom stereocenters. The molecule has 122 valence electrons. The molecule has 2 heterocycles. The number of tetrazole rings is 1. The molecule has 0 unspecified atom stereocenters. The van der Waals surface area contributed by atoms with Gasteiger partial charge < -0.3 is 10.0 Å². The Labute approximate surface area is 131 Å². The lowest BCUT2D eigenvalue weighted by molar-refractivity contribution is -0.136. The maximum atomic E-state index is 12.5. The maximum Gasteiger partial charge on any atom is 0.244 e. The number of hydrogen-bond acceptors (Lipinski definition) is 5. The van der Waals surface area contributed by atoms with Crippen LogP contribution in [0.2, 0.25) is 0 Å². The van der Waals surface area contributed by atoms with Gasteiger partial charge in [-0.15, -0.1) is 5.10 Å². The number of amides is 1. The predicted octanol–water partition coefficient (Wildman–Crippen LogP) is 0.939. The molecule has 0 saturated carbocycles. The molecule has 0 radical (unpaired) electrons. The third kappa shape index (κ3) is 3.91. The summed E-state index contributed by atoms with van der Waals surface area (Å²) in [5.74, 6) is 0.633. The van der Waals surface area contributed by atoms with Crippen LogP contribution in [0.3, 0.4) is 0 Å². The van der Waals surface area contributed by atoms with E-state index < -0.39 is 0 Å². The van der Waals surface area contributed by atoms with Crippen LogP contribution in [0.25, 0.3) is 0 Å². The van der Waals surface area contributed by atoms with E-state index in [1.54, 1.807) is 6.92 Å². The zero-order valence-electron chi connectivity index (χ0n) is 13.6. The number of piperidine rings is 1. The standard InChI is InChI=1S/C15H25N5O2/c1-12(2)5-7-15(11-21)6-4-8-19(10-15)14(22)9-20-13(3)16-17-18-20/h5,21H,4,6-11H2,1-3H3/t15-/m1/s1. The molecular weight excluding hydrogens is 282 g/mol. The lowest BCUT2D eigenvalue weighted by Gasteiger charge is -2.41. The highest BCUT2D eigenvalue weighted by Gasteiger charge is 2.36. The molecule has 1 aromatic heterocycles. The van der Waals surface area contributed by atoms with Crippen LogP contribution >= 0.6 is 0 Å². The van der Waals surface area contributed by atoms with Gasteiger partial charge in [0.15, 0.2) is 0 Å². The van der Waals surface area contributed by atoms with Crippen LogP contribution < -0.4 is 0 Å². The zero-order chi connectivity index (χ0) is 16.2. The van der Waals surface area contributed by atoms with Crippen LogP contribution in [-0.4, -0.2) is 55.8 Å². The van der Waals surface area contributed by atoms with Crippen LogP contribution in [0, 0.1) is 12.3 Å². The molecule has 1 saturated heterocycles. The molecule has 7 nitrogen and oxygen atoms in total. The fourth-order valence-electron chi connectivity index (χ4n) is 2.83. The van der Waals surface area contributed by atoms with Gasteiger partial charge in [0.05, 0.1) is 6.61 Å².